The maximum atomic E-state index is 5.47. The number of nitrogens with one attached hydrogen (secondary N) is 1. The first-order valence-electron chi connectivity index (χ1n) is 8.98. The molecule has 1 N–H and O–H groups in total. The van der Waals surface area contributed by atoms with Crippen molar-refractivity contribution in [1.82, 2.24) is 15.1 Å². The van der Waals surface area contributed by atoms with Crippen molar-refractivity contribution < 1.29 is 4.74 Å². The first-order chi connectivity index (χ1) is 11.7. The average molecular weight is 460 g/mol. The van der Waals surface area contributed by atoms with E-state index in [9.17, 15) is 0 Å². The van der Waals surface area contributed by atoms with Crippen molar-refractivity contribution in [2.24, 2.45) is 10.9 Å². The molecule has 1 saturated heterocycles. The van der Waals surface area contributed by atoms with Gasteiger partial charge in [-0.05, 0) is 26.0 Å². The van der Waals surface area contributed by atoms with E-state index in [1.54, 1.807) is 0 Å². The summed E-state index contributed by atoms with van der Waals surface area (Å²) >= 11 is 0. The summed E-state index contributed by atoms with van der Waals surface area (Å²) in [5, 5.41) is 3.40. The first kappa shape index (κ1) is 22.2. The third-order valence-electron chi connectivity index (χ3n) is 4.29. The Hall–Kier alpha value is -0.860. The van der Waals surface area contributed by atoms with E-state index in [1.807, 2.05) is 0 Å². The van der Waals surface area contributed by atoms with Crippen molar-refractivity contribution in [2.45, 2.75) is 19.9 Å². The number of halogens is 1. The molecule has 6 heteroatoms. The van der Waals surface area contributed by atoms with Gasteiger partial charge in [0.1, 0.15) is 0 Å². The van der Waals surface area contributed by atoms with E-state index >= 15 is 0 Å². The molecule has 1 fully saturated rings. The van der Waals surface area contributed by atoms with E-state index in [1.165, 1.54) is 5.56 Å². The highest BCUT2D eigenvalue weighted by molar-refractivity contribution is 14.0. The molecule has 2 rings (SSSR count). The monoisotopic (exact) mass is 460 g/mol. The minimum atomic E-state index is 0. The van der Waals surface area contributed by atoms with E-state index in [4.69, 9.17) is 9.73 Å². The van der Waals surface area contributed by atoms with Crippen molar-refractivity contribution in [2.75, 3.05) is 53.5 Å². The lowest BCUT2D eigenvalue weighted by molar-refractivity contribution is 0.181. The van der Waals surface area contributed by atoms with Gasteiger partial charge in [0.25, 0.3) is 0 Å². The van der Waals surface area contributed by atoms with Gasteiger partial charge in [-0.25, -0.2) is 0 Å². The molecule has 0 aliphatic carbocycles. The Labute approximate surface area is 169 Å². The van der Waals surface area contributed by atoms with Crippen LogP contribution in [0, 0.1) is 5.92 Å². The molecular formula is C19H33IN4O. The zero-order valence-corrected chi connectivity index (χ0v) is 18.1. The van der Waals surface area contributed by atoms with Gasteiger partial charge < -0.3 is 19.9 Å². The summed E-state index contributed by atoms with van der Waals surface area (Å²) in [6, 6.07) is 10.6. The van der Waals surface area contributed by atoms with Crippen molar-refractivity contribution >= 4 is 29.9 Å². The first-order valence-corrected chi connectivity index (χ1v) is 8.98. The second-order valence-corrected chi connectivity index (χ2v) is 6.57. The highest BCUT2D eigenvalue weighted by Crippen LogP contribution is 2.13. The Morgan fingerprint density at radius 2 is 2.04 bits per heavy atom. The number of likely N-dealkylation sites (N-methyl/N-ethyl adjacent to an activating group) is 1. The molecule has 142 valence electrons. The van der Waals surface area contributed by atoms with E-state index in [2.05, 4.69) is 66.5 Å². The maximum absolute atomic E-state index is 5.47. The Morgan fingerprint density at radius 3 is 2.68 bits per heavy atom. The minimum absolute atomic E-state index is 0. The van der Waals surface area contributed by atoms with Crippen LogP contribution in [0.2, 0.25) is 0 Å². The molecule has 0 radical (unpaired) electrons. The van der Waals surface area contributed by atoms with Gasteiger partial charge in [0.05, 0.1) is 13.2 Å². The van der Waals surface area contributed by atoms with Crippen LogP contribution in [-0.4, -0.2) is 69.2 Å². The normalized spacial score (nSPS) is 17.4. The highest BCUT2D eigenvalue weighted by Gasteiger charge is 2.18. The zero-order chi connectivity index (χ0) is 17.2. The molecule has 1 heterocycles. The summed E-state index contributed by atoms with van der Waals surface area (Å²) in [5.41, 5.74) is 1.34. The Kier molecular flexibility index (Phi) is 11.1. The summed E-state index contributed by atoms with van der Waals surface area (Å²) in [6.45, 7) is 8.50. The molecule has 0 saturated carbocycles. The Morgan fingerprint density at radius 1 is 1.28 bits per heavy atom. The molecule has 0 spiro atoms. The molecule has 1 aromatic rings. The fourth-order valence-electron chi connectivity index (χ4n) is 2.97. The van der Waals surface area contributed by atoms with Crippen molar-refractivity contribution in [1.29, 1.82) is 0 Å². The largest absolute Gasteiger partial charge is 0.381 e. The maximum Gasteiger partial charge on any atom is 0.193 e. The zero-order valence-electron chi connectivity index (χ0n) is 15.8. The van der Waals surface area contributed by atoms with E-state index in [0.29, 0.717) is 5.92 Å². The molecule has 1 aliphatic rings. The van der Waals surface area contributed by atoms with Gasteiger partial charge in [0.2, 0.25) is 0 Å². The molecule has 25 heavy (non-hydrogen) atoms. The van der Waals surface area contributed by atoms with Crippen LogP contribution in [0.25, 0.3) is 0 Å². The minimum Gasteiger partial charge on any atom is -0.381 e. The van der Waals surface area contributed by atoms with E-state index in [0.717, 1.165) is 58.3 Å². The van der Waals surface area contributed by atoms with Gasteiger partial charge >= 0.3 is 0 Å². The van der Waals surface area contributed by atoms with Crippen LogP contribution in [-0.2, 0) is 11.3 Å². The summed E-state index contributed by atoms with van der Waals surface area (Å²) in [7, 11) is 4.27. The number of aliphatic imine (C=N–C) groups is 1. The Balaban J connectivity index is 0.00000312. The lowest BCUT2D eigenvalue weighted by atomic mass is 10.1. The molecule has 1 aliphatic heterocycles. The molecule has 1 atom stereocenters. The van der Waals surface area contributed by atoms with Crippen LogP contribution >= 0.6 is 24.0 Å². The third-order valence-corrected chi connectivity index (χ3v) is 4.29. The van der Waals surface area contributed by atoms with E-state index in [-0.39, 0.29) is 24.0 Å². The van der Waals surface area contributed by atoms with Crippen LogP contribution in [0.15, 0.2) is 35.3 Å². The van der Waals surface area contributed by atoms with Crippen molar-refractivity contribution in [3.63, 3.8) is 0 Å². The number of ether oxygens (including phenoxy) is 1. The lowest BCUT2D eigenvalue weighted by Gasteiger charge is -2.25. The molecule has 0 aromatic heterocycles. The fourth-order valence-corrected chi connectivity index (χ4v) is 2.97. The number of hydrogen-bond donors (Lipinski definition) is 1. The number of benzene rings is 1. The molecule has 5 nitrogen and oxygen atoms in total. The number of rotatable bonds is 8. The predicted octanol–water partition coefficient (Wildman–Crippen LogP) is 2.67. The summed E-state index contributed by atoms with van der Waals surface area (Å²) in [4.78, 5) is 9.33. The van der Waals surface area contributed by atoms with Crippen molar-refractivity contribution in [3.05, 3.63) is 35.9 Å². The number of hydrogen-bond acceptors (Lipinski definition) is 3. The van der Waals surface area contributed by atoms with Gasteiger partial charge in [0.15, 0.2) is 5.96 Å². The van der Waals surface area contributed by atoms with Gasteiger partial charge in [-0.3, -0.25) is 4.99 Å². The number of nitrogens with zero attached hydrogens (tertiary/aromatic N) is 3. The van der Waals surface area contributed by atoms with Crippen LogP contribution in [0.5, 0.6) is 0 Å². The van der Waals surface area contributed by atoms with Gasteiger partial charge in [-0.1, -0.05) is 30.3 Å². The topological polar surface area (TPSA) is 40.1 Å². The van der Waals surface area contributed by atoms with Crippen molar-refractivity contribution in [3.8, 4) is 0 Å². The van der Waals surface area contributed by atoms with Crippen LogP contribution in [0.4, 0.5) is 0 Å². The van der Waals surface area contributed by atoms with Gasteiger partial charge in [-0.15, -0.1) is 24.0 Å². The summed E-state index contributed by atoms with van der Waals surface area (Å²) in [6.07, 6.45) is 1.16. The van der Waals surface area contributed by atoms with Crippen LogP contribution in [0.1, 0.15) is 18.9 Å². The van der Waals surface area contributed by atoms with E-state index < -0.39 is 0 Å². The SMILES string of the molecule is CCNC(=NCCN(C)Cc1ccccc1)N(C)CC1CCOC1.I. The quantitative estimate of drug-likeness (QED) is 0.368. The predicted molar refractivity (Wildman–Crippen MR) is 116 cm³/mol. The smallest absolute Gasteiger partial charge is 0.193 e. The third kappa shape index (κ3) is 8.37. The van der Waals surface area contributed by atoms with Gasteiger partial charge in [0, 0.05) is 45.8 Å². The molecule has 0 bridgehead atoms. The average Bonchev–Trinajstić information content (AvgIpc) is 3.08. The lowest BCUT2D eigenvalue weighted by Crippen LogP contribution is -2.41. The van der Waals surface area contributed by atoms with Gasteiger partial charge in [-0.2, -0.15) is 0 Å². The summed E-state index contributed by atoms with van der Waals surface area (Å²) < 4.78 is 5.47. The molecule has 1 aromatic carbocycles. The second-order valence-electron chi connectivity index (χ2n) is 6.57. The summed E-state index contributed by atoms with van der Waals surface area (Å²) in [5.74, 6) is 1.62. The fraction of sp³-hybridized carbons (Fsp3) is 0.632. The Bertz CT molecular complexity index is 491. The molecule has 0 amide bonds. The van der Waals surface area contributed by atoms with Crippen LogP contribution < -0.4 is 5.32 Å². The highest BCUT2D eigenvalue weighted by atomic mass is 127. The van der Waals surface area contributed by atoms with Crippen LogP contribution in [0.3, 0.4) is 0 Å². The molecule has 1 unspecified atom stereocenters. The number of guanidine groups is 1. The second kappa shape index (κ2) is 12.5. The standard InChI is InChI=1S/C19H32N4O.HI/c1-4-20-19(23(3)15-18-10-13-24-16-18)21-11-12-22(2)14-17-8-6-5-7-9-17;/h5-9,18H,4,10-16H2,1-3H3,(H,20,21);1H. The molecular weight excluding hydrogens is 427 g/mol.